The highest BCUT2D eigenvalue weighted by Crippen LogP contribution is 2.40. The van der Waals surface area contributed by atoms with Gasteiger partial charge in [0.1, 0.15) is 30.8 Å². The van der Waals surface area contributed by atoms with Crippen molar-refractivity contribution in [2.24, 2.45) is 5.41 Å². The Bertz CT molecular complexity index is 2210. The van der Waals surface area contributed by atoms with Gasteiger partial charge in [0, 0.05) is 36.8 Å². The number of benzene rings is 3. The molecule has 9 rings (SSSR count). The number of anilines is 2. The van der Waals surface area contributed by atoms with Crippen LogP contribution in [0.1, 0.15) is 83.5 Å². The monoisotopic (exact) mass is 756 g/mol. The number of hydrogen-bond donors (Lipinski definition) is 2. The van der Waals surface area contributed by atoms with E-state index in [9.17, 15) is 19.2 Å². The summed E-state index contributed by atoms with van der Waals surface area (Å²) in [4.78, 5) is 63.0. The van der Waals surface area contributed by atoms with E-state index in [0.717, 1.165) is 84.7 Å². The third-order valence-electron chi connectivity index (χ3n) is 12.1. The number of carbonyl (C=O) groups excluding carboxylic acids is 4. The van der Waals surface area contributed by atoms with Gasteiger partial charge >= 0.3 is 0 Å². The zero-order valence-corrected chi connectivity index (χ0v) is 31.5. The Labute approximate surface area is 324 Å². The van der Waals surface area contributed by atoms with E-state index in [0.29, 0.717) is 24.3 Å². The van der Waals surface area contributed by atoms with E-state index in [-0.39, 0.29) is 34.9 Å². The summed E-state index contributed by atoms with van der Waals surface area (Å²) in [6.07, 6.45) is 4.80. The van der Waals surface area contributed by atoms with Crippen LogP contribution in [0.2, 0.25) is 0 Å². The zero-order chi connectivity index (χ0) is 38.7. The van der Waals surface area contributed by atoms with E-state index in [1.54, 1.807) is 24.4 Å². The molecule has 56 heavy (non-hydrogen) atoms. The lowest BCUT2D eigenvalue weighted by atomic mass is 9.77. The highest BCUT2D eigenvalue weighted by atomic mass is 16.5. The van der Waals surface area contributed by atoms with Gasteiger partial charge in [-0.25, -0.2) is 9.97 Å². The fraction of sp³-hybridized carbons (Fsp3) is 0.395. The maximum Gasteiger partial charge on any atom is 0.262 e. The average Bonchev–Trinajstić information content (AvgIpc) is 3.39. The Hall–Kier alpha value is -5.82. The topological polar surface area (TPSA) is 152 Å². The summed E-state index contributed by atoms with van der Waals surface area (Å²) in [5, 5.41) is 5.82. The van der Waals surface area contributed by atoms with Crippen LogP contribution in [0, 0.1) is 5.41 Å². The minimum Gasteiger partial charge on any atom is -0.491 e. The lowest BCUT2D eigenvalue weighted by molar-refractivity contribution is -0.136. The van der Waals surface area contributed by atoms with Gasteiger partial charge in [0.15, 0.2) is 0 Å². The molecular formula is C43H44N6O7. The van der Waals surface area contributed by atoms with E-state index < -0.39 is 29.7 Å². The second kappa shape index (κ2) is 13.7. The number of amides is 4. The molecule has 5 heterocycles. The normalized spacial score (nSPS) is 20.8. The molecule has 13 heteroatoms. The molecule has 288 valence electrons. The van der Waals surface area contributed by atoms with Gasteiger partial charge in [0.2, 0.25) is 17.8 Å². The fourth-order valence-electron chi connectivity index (χ4n) is 8.34. The standard InChI is InChI=1S/C43H44N6O7/c1-41(2,27-4-9-31(10-5-27)55-21-30-16-19-44-40(45-30)48-22-42(23-48)24-54-25-42)28-6-11-32(12-7-28)56-26-43(17-3-18-43)47-29-8-13-33-34(20-29)39(53)49(38(33)52)35-14-15-36(50)46-37(35)51/h4-13,16,19-20,35,47H,3,14-15,17-18,21-26H2,1-2H3,(H,46,50,51). The number of nitrogens with one attached hydrogen (secondary N) is 2. The van der Waals surface area contributed by atoms with Gasteiger partial charge in [-0.3, -0.25) is 29.4 Å². The quantitative estimate of drug-likeness (QED) is 0.187. The molecule has 5 aliphatic rings. The summed E-state index contributed by atoms with van der Waals surface area (Å²) in [7, 11) is 0. The lowest BCUT2D eigenvalue weighted by Crippen LogP contribution is -2.66. The number of hydrogen-bond acceptors (Lipinski definition) is 11. The van der Waals surface area contributed by atoms with Gasteiger partial charge < -0.3 is 24.4 Å². The van der Waals surface area contributed by atoms with E-state index >= 15 is 0 Å². The van der Waals surface area contributed by atoms with Crippen LogP contribution < -0.4 is 25.0 Å². The highest BCUT2D eigenvalue weighted by Gasteiger charge is 2.50. The van der Waals surface area contributed by atoms with Gasteiger partial charge in [0.25, 0.3) is 11.8 Å². The zero-order valence-electron chi connectivity index (χ0n) is 31.5. The second-order valence-corrected chi connectivity index (χ2v) is 16.4. The van der Waals surface area contributed by atoms with Crippen molar-refractivity contribution < 1.29 is 33.4 Å². The summed E-state index contributed by atoms with van der Waals surface area (Å²) in [5.74, 6) is 0.205. The Morgan fingerprint density at radius 2 is 1.55 bits per heavy atom. The number of rotatable bonds is 12. The predicted molar refractivity (Wildman–Crippen MR) is 206 cm³/mol. The first-order valence-electron chi connectivity index (χ1n) is 19.3. The number of aromatic nitrogens is 2. The van der Waals surface area contributed by atoms with Crippen LogP contribution >= 0.6 is 0 Å². The molecule has 1 unspecified atom stereocenters. The Morgan fingerprint density at radius 1 is 0.875 bits per heavy atom. The predicted octanol–water partition coefficient (Wildman–Crippen LogP) is 5.03. The van der Waals surface area contributed by atoms with E-state index in [1.807, 2.05) is 30.3 Å². The number of carbonyl (C=O) groups is 4. The lowest BCUT2D eigenvalue weighted by Gasteiger charge is -2.54. The van der Waals surface area contributed by atoms with Crippen molar-refractivity contribution in [3.63, 3.8) is 0 Å². The van der Waals surface area contributed by atoms with E-state index in [1.165, 1.54) is 0 Å². The number of nitrogens with zero attached hydrogens (tertiary/aromatic N) is 4. The molecule has 1 saturated carbocycles. The summed E-state index contributed by atoms with van der Waals surface area (Å²) in [6, 6.07) is 22.4. The first-order valence-corrected chi connectivity index (χ1v) is 19.3. The van der Waals surface area contributed by atoms with Crippen molar-refractivity contribution in [1.29, 1.82) is 0 Å². The summed E-state index contributed by atoms with van der Waals surface area (Å²) in [6.45, 7) is 8.71. The minimum atomic E-state index is -0.998. The number of fused-ring (bicyclic) bond motifs is 1. The molecule has 0 bridgehead atoms. The van der Waals surface area contributed by atoms with Crippen molar-refractivity contribution in [2.45, 2.75) is 69.6 Å². The molecule has 4 aliphatic heterocycles. The maximum absolute atomic E-state index is 13.4. The number of imide groups is 2. The van der Waals surface area contributed by atoms with Crippen LogP contribution in [0.4, 0.5) is 11.6 Å². The molecular weight excluding hydrogens is 713 g/mol. The highest BCUT2D eigenvalue weighted by molar-refractivity contribution is 6.23. The number of ether oxygens (including phenoxy) is 3. The first kappa shape index (κ1) is 35.9. The molecule has 4 amide bonds. The Kier molecular flexibility index (Phi) is 8.79. The third-order valence-corrected chi connectivity index (χ3v) is 12.1. The van der Waals surface area contributed by atoms with Crippen molar-refractivity contribution >= 4 is 35.3 Å². The summed E-state index contributed by atoms with van der Waals surface area (Å²) < 4.78 is 17.8. The van der Waals surface area contributed by atoms with Gasteiger partial charge in [-0.05, 0) is 85.3 Å². The van der Waals surface area contributed by atoms with Crippen molar-refractivity contribution in [1.82, 2.24) is 20.2 Å². The van der Waals surface area contributed by atoms with Crippen LogP contribution in [-0.4, -0.2) is 83.0 Å². The van der Waals surface area contributed by atoms with E-state index in [2.05, 4.69) is 58.6 Å². The van der Waals surface area contributed by atoms with Crippen LogP contribution in [0.25, 0.3) is 0 Å². The van der Waals surface area contributed by atoms with Gasteiger partial charge in [0.05, 0.1) is 41.0 Å². The minimum absolute atomic E-state index is 0.0776. The molecule has 4 fully saturated rings. The summed E-state index contributed by atoms with van der Waals surface area (Å²) >= 11 is 0. The molecule has 1 aliphatic carbocycles. The molecule has 0 radical (unpaired) electrons. The molecule has 13 nitrogen and oxygen atoms in total. The molecule has 3 aromatic carbocycles. The Balaban J connectivity index is 0.792. The van der Waals surface area contributed by atoms with Crippen molar-refractivity contribution in [2.75, 3.05) is 43.1 Å². The molecule has 3 saturated heterocycles. The molecule has 1 aromatic heterocycles. The van der Waals surface area contributed by atoms with Crippen molar-refractivity contribution in [3.05, 3.63) is 107 Å². The summed E-state index contributed by atoms with van der Waals surface area (Å²) in [5.41, 5.74) is 4.05. The van der Waals surface area contributed by atoms with Gasteiger partial charge in [-0.2, -0.15) is 0 Å². The van der Waals surface area contributed by atoms with Crippen LogP contribution in [0.15, 0.2) is 79.0 Å². The fourth-order valence-corrected chi connectivity index (χ4v) is 8.34. The molecule has 2 N–H and O–H groups in total. The SMILES string of the molecule is CC(C)(c1ccc(OCc2ccnc(N3CC4(COC4)C3)n2)cc1)c1ccc(OCC2(Nc3ccc4c(c3)C(=O)N(C3CCC(=O)NC3=O)C4=O)CCC2)cc1. The smallest absolute Gasteiger partial charge is 0.262 e. The van der Waals surface area contributed by atoms with E-state index in [4.69, 9.17) is 19.2 Å². The average molecular weight is 757 g/mol. The molecule has 1 atom stereocenters. The van der Waals surface area contributed by atoms with Gasteiger partial charge in [-0.1, -0.05) is 38.1 Å². The number of piperidine rings is 1. The van der Waals surface area contributed by atoms with Crippen LogP contribution in [-0.2, 0) is 26.3 Å². The second-order valence-electron chi connectivity index (χ2n) is 16.4. The molecule has 1 spiro atoms. The first-order chi connectivity index (χ1) is 27.0. The van der Waals surface area contributed by atoms with Gasteiger partial charge in [-0.15, -0.1) is 0 Å². The van der Waals surface area contributed by atoms with Crippen LogP contribution in [0.3, 0.4) is 0 Å². The third kappa shape index (κ3) is 6.53. The maximum atomic E-state index is 13.4. The Morgan fingerprint density at radius 3 is 2.18 bits per heavy atom. The van der Waals surface area contributed by atoms with Crippen LogP contribution in [0.5, 0.6) is 11.5 Å². The molecule has 4 aromatic rings. The largest absolute Gasteiger partial charge is 0.491 e. The van der Waals surface area contributed by atoms with Crippen molar-refractivity contribution in [3.8, 4) is 11.5 Å².